The Bertz CT molecular complexity index is 1310. The van der Waals surface area contributed by atoms with Crippen LogP contribution in [0.4, 0.5) is 0 Å². The van der Waals surface area contributed by atoms with Gasteiger partial charge in [0.25, 0.3) is 11.5 Å². The first kappa shape index (κ1) is 21.8. The maximum atomic E-state index is 12.5. The topological polar surface area (TPSA) is 111 Å². The minimum Gasteiger partial charge on any atom is -0.497 e. The second kappa shape index (κ2) is 9.82. The summed E-state index contributed by atoms with van der Waals surface area (Å²) in [7, 11) is 3.14. The van der Waals surface area contributed by atoms with E-state index in [4.69, 9.17) is 9.47 Å². The number of H-pyrrole nitrogens is 1. The van der Waals surface area contributed by atoms with Crippen LogP contribution in [0.1, 0.15) is 10.5 Å². The van der Waals surface area contributed by atoms with Crippen molar-refractivity contribution in [3.8, 4) is 34.0 Å². The van der Waals surface area contributed by atoms with Crippen molar-refractivity contribution in [3.05, 3.63) is 83.0 Å². The van der Waals surface area contributed by atoms with Gasteiger partial charge >= 0.3 is 0 Å². The predicted molar refractivity (Wildman–Crippen MR) is 123 cm³/mol. The highest BCUT2D eigenvalue weighted by Gasteiger charge is 2.15. The van der Waals surface area contributed by atoms with Gasteiger partial charge in [0.1, 0.15) is 17.2 Å². The summed E-state index contributed by atoms with van der Waals surface area (Å²) in [5.41, 5.74) is 2.83. The van der Waals surface area contributed by atoms with Crippen LogP contribution in [0.5, 0.6) is 11.5 Å². The second-order valence-electron chi connectivity index (χ2n) is 7.16. The van der Waals surface area contributed by atoms with Crippen molar-refractivity contribution in [1.82, 2.24) is 25.1 Å². The maximum Gasteiger partial charge on any atom is 0.269 e. The fourth-order valence-electron chi connectivity index (χ4n) is 3.34. The molecule has 0 bridgehead atoms. The van der Waals surface area contributed by atoms with E-state index in [0.717, 1.165) is 5.56 Å². The molecule has 2 heterocycles. The minimum absolute atomic E-state index is 0.188. The number of hydrogen-bond donors (Lipinski definition) is 2. The van der Waals surface area contributed by atoms with E-state index in [-0.39, 0.29) is 24.6 Å². The van der Waals surface area contributed by atoms with Gasteiger partial charge in [-0.05, 0) is 24.3 Å². The standard InChI is InChI=1S/C24H23N5O4/c1-32-17-8-9-22(33-2)18(12-17)20-13-21(28-27-20)24(31)25-10-11-29-15-26-19(14-23(29)30)16-6-4-3-5-7-16/h3-9,12-15H,10-11H2,1-2H3,(H,25,31)(H,27,28). The SMILES string of the molecule is COc1ccc(OC)c(-c2cc(C(=O)NCCn3cnc(-c4ccccc4)cc3=O)[nH]n2)c1. The summed E-state index contributed by atoms with van der Waals surface area (Å²) in [6.07, 6.45) is 1.49. The number of ether oxygens (including phenoxy) is 2. The third-order valence-electron chi connectivity index (χ3n) is 5.09. The fourth-order valence-corrected chi connectivity index (χ4v) is 3.34. The number of aromatic amines is 1. The van der Waals surface area contributed by atoms with Gasteiger partial charge in [0.2, 0.25) is 0 Å². The zero-order valence-electron chi connectivity index (χ0n) is 18.2. The summed E-state index contributed by atoms with van der Waals surface area (Å²) in [6, 6.07) is 17.9. The van der Waals surface area contributed by atoms with Crippen LogP contribution in [0.25, 0.3) is 22.5 Å². The fraction of sp³-hybridized carbons (Fsp3) is 0.167. The summed E-state index contributed by atoms with van der Waals surface area (Å²) in [5.74, 6) is 0.926. The van der Waals surface area contributed by atoms with E-state index in [9.17, 15) is 9.59 Å². The van der Waals surface area contributed by atoms with Crippen LogP contribution in [0.15, 0.2) is 71.8 Å². The number of carbonyl (C=O) groups excluding carboxylic acids is 1. The van der Waals surface area contributed by atoms with Crippen LogP contribution in [0.2, 0.25) is 0 Å². The molecule has 0 radical (unpaired) electrons. The molecule has 168 valence electrons. The summed E-state index contributed by atoms with van der Waals surface area (Å²) in [6.45, 7) is 0.541. The molecule has 0 saturated carbocycles. The number of methoxy groups -OCH3 is 2. The number of carbonyl (C=O) groups is 1. The Morgan fingerprint density at radius 1 is 1.03 bits per heavy atom. The molecule has 2 aromatic heterocycles. The van der Waals surface area contributed by atoms with Crippen LogP contribution < -0.4 is 20.3 Å². The molecule has 9 heteroatoms. The molecular weight excluding hydrogens is 422 g/mol. The number of rotatable bonds is 8. The molecule has 0 aliphatic rings. The maximum absolute atomic E-state index is 12.5. The molecule has 0 unspecified atom stereocenters. The molecule has 4 rings (SSSR count). The molecular formula is C24H23N5O4. The molecule has 0 fully saturated rings. The third kappa shape index (κ3) is 4.93. The van der Waals surface area contributed by atoms with Crippen molar-refractivity contribution in [2.45, 2.75) is 6.54 Å². The van der Waals surface area contributed by atoms with Gasteiger partial charge in [-0.3, -0.25) is 19.3 Å². The first-order valence-electron chi connectivity index (χ1n) is 10.3. The van der Waals surface area contributed by atoms with E-state index in [0.29, 0.717) is 34.1 Å². The van der Waals surface area contributed by atoms with Gasteiger partial charge in [-0.1, -0.05) is 30.3 Å². The van der Waals surface area contributed by atoms with E-state index in [1.54, 1.807) is 38.5 Å². The minimum atomic E-state index is -0.336. The Labute approximate surface area is 190 Å². The largest absolute Gasteiger partial charge is 0.497 e. The van der Waals surface area contributed by atoms with Gasteiger partial charge in [0.05, 0.1) is 31.9 Å². The Morgan fingerprint density at radius 3 is 2.58 bits per heavy atom. The predicted octanol–water partition coefficient (Wildman–Crippen LogP) is 2.75. The van der Waals surface area contributed by atoms with Crippen LogP contribution >= 0.6 is 0 Å². The highest BCUT2D eigenvalue weighted by atomic mass is 16.5. The Balaban J connectivity index is 1.40. The molecule has 4 aromatic rings. The van der Waals surface area contributed by atoms with Crippen LogP contribution in [0, 0.1) is 0 Å². The number of benzene rings is 2. The highest BCUT2D eigenvalue weighted by Crippen LogP contribution is 2.32. The van der Waals surface area contributed by atoms with Gasteiger partial charge in [-0.25, -0.2) is 4.98 Å². The van der Waals surface area contributed by atoms with E-state index in [1.165, 1.54) is 17.0 Å². The highest BCUT2D eigenvalue weighted by molar-refractivity contribution is 5.93. The van der Waals surface area contributed by atoms with Gasteiger partial charge in [-0.2, -0.15) is 5.10 Å². The van der Waals surface area contributed by atoms with Crippen molar-refractivity contribution in [2.24, 2.45) is 0 Å². The second-order valence-corrected chi connectivity index (χ2v) is 7.16. The summed E-state index contributed by atoms with van der Waals surface area (Å²) in [5, 5.41) is 9.75. The smallest absolute Gasteiger partial charge is 0.269 e. The molecule has 1 amide bonds. The molecule has 33 heavy (non-hydrogen) atoms. The Kier molecular flexibility index (Phi) is 6.49. The normalized spacial score (nSPS) is 10.6. The molecule has 0 aliphatic heterocycles. The van der Waals surface area contributed by atoms with E-state index >= 15 is 0 Å². The lowest BCUT2D eigenvalue weighted by Gasteiger charge is -2.08. The van der Waals surface area contributed by atoms with Gasteiger partial charge < -0.3 is 14.8 Å². The van der Waals surface area contributed by atoms with Crippen molar-refractivity contribution in [1.29, 1.82) is 0 Å². The average molecular weight is 445 g/mol. The third-order valence-corrected chi connectivity index (χ3v) is 5.09. The molecule has 0 saturated heterocycles. The monoisotopic (exact) mass is 445 g/mol. The lowest BCUT2D eigenvalue weighted by molar-refractivity contribution is 0.0947. The van der Waals surface area contributed by atoms with Crippen molar-refractivity contribution < 1.29 is 14.3 Å². The van der Waals surface area contributed by atoms with Crippen LogP contribution in [-0.4, -0.2) is 46.4 Å². The number of hydrogen-bond acceptors (Lipinski definition) is 6. The molecule has 0 atom stereocenters. The summed E-state index contributed by atoms with van der Waals surface area (Å²) in [4.78, 5) is 29.3. The van der Waals surface area contributed by atoms with E-state index in [1.807, 2.05) is 30.3 Å². The quantitative estimate of drug-likeness (QED) is 0.431. The van der Waals surface area contributed by atoms with Crippen LogP contribution in [0.3, 0.4) is 0 Å². The zero-order chi connectivity index (χ0) is 23.2. The molecule has 0 aliphatic carbocycles. The van der Waals surface area contributed by atoms with Gasteiger partial charge in [0.15, 0.2) is 0 Å². The van der Waals surface area contributed by atoms with E-state index in [2.05, 4.69) is 20.5 Å². The van der Waals surface area contributed by atoms with Gasteiger partial charge in [-0.15, -0.1) is 0 Å². The lowest BCUT2D eigenvalue weighted by atomic mass is 10.1. The van der Waals surface area contributed by atoms with Gasteiger partial charge in [0, 0.05) is 30.3 Å². The van der Waals surface area contributed by atoms with Crippen LogP contribution in [-0.2, 0) is 6.54 Å². The first-order valence-corrected chi connectivity index (χ1v) is 10.3. The molecule has 9 nitrogen and oxygen atoms in total. The molecule has 2 N–H and O–H groups in total. The zero-order valence-corrected chi connectivity index (χ0v) is 18.2. The van der Waals surface area contributed by atoms with Crippen molar-refractivity contribution >= 4 is 5.91 Å². The Morgan fingerprint density at radius 2 is 1.85 bits per heavy atom. The number of nitrogens with zero attached hydrogens (tertiary/aromatic N) is 3. The number of amides is 1. The van der Waals surface area contributed by atoms with E-state index < -0.39 is 0 Å². The summed E-state index contributed by atoms with van der Waals surface area (Å²) < 4.78 is 12.1. The summed E-state index contributed by atoms with van der Waals surface area (Å²) >= 11 is 0. The lowest BCUT2D eigenvalue weighted by Crippen LogP contribution is -2.31. The molecule has 2 aromatic carbocycles. The van der Waals surface area contributed by atoms with Crippen molar-refractivity contribution in [3.63, 3.8) is 0 Å². The number of aromatic nitrogens is 4. The molecule has 0 spiro atoms. The Hall–Kier alpha value is -4.40. The van der Waals surface area contributed by atoms with Crippen molar-refractivity contribution in [2.75, 3.05) is 20.8 Å². The average Bonchev–Trinajstić information content (AvgIpc) is 3.35. The first-order chi connectivity index (χ1) is 16.1. The number of nitrogens with one attached hydrogen (secondary N) is 2.